The first-order valence-electron chi connectivity index (χ1n) is 7.86. The highest BCUT2D eigenvalue weighted by atomic mass is 16.5. The number of hydrogen-bond acceptors (Lipinski definition) is 3. The molecule has 21 heavy (non-hydrogen) atoms. The zero-order chi connectivity index (χ0) is 15.2. The maximum Gasteiger partial charge on any atom is 0.221 e. The van der Waals surface area contributed by atoms with Gasteiger partial charge in [-0.25, -0.2) is 0 Å². The molecule has 0 bridgehead atoms. The van der Waals surface area contributed by atoms with Crippen molar-refractivity contribution in [2.45, 2.75) is 52.0 Å². The Morgan fingerprint density at radius 3 is 2.76 bits per heavy atom. The van der Waals surface area contributed by atoms with Crippen LogP contribution in [0.3, 0.4) is 0 Å². The Bertz CT molecular complexity index is 488. The van der Waals surface area contributed by atoms with E-state index in [-0.39, 0.29) is 5.91 Å². The van der Waals surface area contributed by atoms with Crippen LogP contribution in [0.25, 0.3) is 0 Å². The van der Waals surface area contributed by atoms with Gasteiger partial charge in [0.1, 0.15) is 5.75 Å². The van der Waals surface area contributed by atoms with Crippen LogP contribution in [0, 0.1) is 5.92 Å². The zero-order valence-electron chi connectivity index (χ0n) is 13.2. The van der Waals surface area contributed by atoms with Crippen molar-refractivity contribution in [1.29, 1.82) is 0 Å². The molecule has 4 nitrogen and oxygen atoms in total. The second-order valence-corrected chi connectivity index (χ2v) is 5.80. The number of nitrogens with one attached hydrogen (secondary N) is 2. The summed E-state index contributed by atoms with van der Waals surface area (Å²) in [4.78, 5) is 11.2. The van der Waals surface area contributed by atoms with E-state index in [2.05, 4.69) is 17.6 Å². The maximum absolute atomic E-state index is 11.2. The van der Waals surface area contributed by atoms with Gasteiger partial charge in [-0.3, -0.25) is 4.79 Å². The van der Waals surface area contributed by atoms with E-state index in [0.717, 1.165) is 11.6 Å². The van der Waals surface area contributed by atoms with E-state index in [1.165, 1.54) is 39.0 Å². The molecule has 1 aromatic carbocycles. The monoisotopic (exact) mass is 290 g/mol. The molecule has 1 amide bonds. The van der Waals surface area contributed by atoms with Gasteiger partial charge in [-0.15, -0.1) is 0 Å². The highest BCUT2D eigenvalue weighted by Gasteiger charge is 2.23. The molecule has 116 valence electrons. The molecule has 4 heteroatoms. The van der Waals surface area contributed by atoms with E-state index in [0.29, 0.717) is 17.5 Å². The first-order valence-corrected chi connectivity index (χ1v) is 7.86. The van der Waals surface area contributed by atoms with Crippen LogP contribution < -0.4 is 15.4 Å². The molecule has 2 unspecified atom stereocenters. The van der Waals surface area contributed by atoms with Gasteiger partial charge in [-0.1, -0.05) is 26.2 Å². The highest BCUT2D eigenvalue weighted by molar-refractivity contribution is 5.90. The Morgan fingerprint density at radius 1 is 1.33 bits per heavy atom. The van der Waals surface area contributed by atoms with Crippen LogP contribution in [-0.2, 0) is 4.79 Å². The third kappa shape index (κ3) is 4.13. The molecular weight excluding hydrogens is 264 g/mol. The zero-order valence-corrected chi connectivity index (χ0v) is 13.2. The van der Waals surface area contributed by atoms with Crippen molar-refractivity contribution in [2.75, 3.05) is 17.7 Å². The minimum atomic E-state index is -0.0904. The van der Waals surface area contributed by atoms with Gasteiger partial charge in [0.2, 0.25) is 5.91 Å². The lowest BCUT2D eigenvalue weighted by molar-refractivity contribution is -0.114. The summed E-state index contributed by atoms with van der Waals surface area (Å²) in [7, 11) is 1.62. The number of amides is 1. The largest absolute Gasteiger partial charge is 0.494 e. The number of carbonyl (C=O) groups excluding carboxylic acids is 1. The second-order valence-electron chi connectivity index (χ2n) is 5.80. The maximum atomic E-state index is 11.2. The highest BCUT2D eigenvalue weighted by Crippen LogP contribution is 2.32. The summed E-state index contributed by atoms with van der Waals surface area (Å²) in [5, 5.41) is 6.43. The summed E-state index contributed by atoms with van der Waals surface area (Å²) >= 11 is 0. The smallest absolute Gasteiger partial charge is 0.221 e. The van der Waals surface area contributed by atoms with Crippen molar-refractivity contribution in [3.63, 3.8) is 0 Å². The van der Waals surface area contributed by atoms with Gasteiger partial charge < -0.3 is 15.4 Å². The normalized spacial score (nSPS) is 21.7. The van der Waals surface area contributed by atoms with Crippen LogP contribution in [-0.4, -0.2) is 19.1 Å². The molecule has 1 saturated carbocycles. The summed E-state index contributed by atoms with van der Waals surface area (Å²) in [6.45, 7) is 3.77. The van der Waals surface area contributed by atoms with Crippen LogP contribution in [0.4, 0.5) is 11.4 Å². The molecule has 2 rings (SSSR count). The Hall–Kier alpha value is -1.71. The molecule has 0 spiro atoms. The fourth-order valence-corrected chi connectivity index (χ4v) is 3.17. The number of ether oxygens (including phenoxy) is 1. The minimum Gasteiger partial charge on any atom is -0.494 e. The van der Waals surface area contributed by atoms with Gasteiger partial charge in [0.15, 0.2) is 0 Å². The van der Waals surface area contributed by atoms with Gasteiger partial charge in [0.25, 0.3) is 0 Å². The molecule has 0 saturated heterocycles. The van der Waals surface area contributed by atoms with Gasteiger partial charge >= 0.3 is 0 Å². The standard InChI is InChI=1S/C17H26N2O2/c1-4-13-7-5-6-8-15(13)19-14-9-10-16(18-12(2)20)17(11-14)21-3/h9-11,13,15,19H,4-8H2,1-3H3,(H,18,20). The molecule has 2 N–H and O–H groups in total. The third-order valence-electron chi connectivity index (χ3n) is 4.30. The number of hydrogen-bond donors (Lipinski definition) is 2. The second kappa shape index (κ2) is 7.34. The van der Waals surface area contributed by atoms with Gasteiger partial charge in [0.05, 0.1) is 12.8 Å². The molecule has 1 aliphatic carbocycles. The van der Waals surface area contributed by atoms with Crippen molar-refractivity contribution in [3.8, 4) is 5.75 Å². The van der Waals surface area contributed by atoms with Gasteiger partial charge in [-0.05, 0) is 30.9 Å². The fourth-order valence-electron chi connectivity index (χ4n) is 3.17. The Balaban J connectivity index is 2.11. The molecule has 0 aliphatic heterocycles. The number of rotatable bonds is 5. The topological polar surface area (TPSA) is 50.4 Å². The number of benzene rings is 1. The molecule has 0 heterocycles. The number of anilines is 2. The fraction of sp³-hybridized carbons (Fsp3) is 0.588. The molecule has 0 aromatic heterocycles. The van der Waals surface area contributed by atoms with Crippen LogP contribution in [0.15, 0.2) is 18.2 Å². The van der Waals surface area contributed by atoms with E-state index < -0.39 is 0 Å². The molecule has 1 aromatic rings. The average molecular weight is 290 g/mol. The van der Waals surface area contributed by atoms with Crippen molar-refractivity contribution < 1.29 is 9.53 Å². The van der Waals surface area contributed by atoms with Crippen LogP contribution >= 0.6 is 0 Å². The number of carbonyl (C=O) groups is 1. The quantitative estimate of drug-likeness (QED) is 0.860. The van der Waals surface area contributed by atoms with E-state index >= 15 is 0 Å². The van der Waals surface area contributed by atoms with Crippen molar-refractivity contribution in [2.24, 2.45) is 5.92 Å². The van der Waals surface area contributed by atoms with Crippen molar-refractivity contribution in [3.05, 3.63) is 18.2 Å². The predicted molar refractivity (Wildman–Crippen MR) is 87.0 cm³/mol. The predicted octanol–water partition coefficient (Wildman–Crippen LogP) is 4.03. The average Bonchev–Trinajstić information content (AvgIpc) is 2.49. The Kier molecular flexibility index (Phi) is 5.48. The van der Waals surface area contributed by atoms with Crippen LogP contribution in [0.1, 0.15) is 46.0 Å². The van der Waals surface area contributed by atoms with Gasteiger partial charge in [-0.2, -0.15) is 0 Å². The minimum absolute atomic E-state index is 0.0904. The number of methoxy groups -OCH3 is 1. The molecular formula is C17H26N2O2. The summed E-state index contributed by atoms with van der Waals surface area (Å²) in [5.41, 5.74) is 1.78. The van der Waals surface area contributed by atoms with E-state index in [1.807, 2.05) is 18.2 Å². The lowest BCUT2D eigenvalue weighted by atomic mass is 9.83. The molecule has 1 fully saturated rings. The Morgan fingerprint density at radius 2 is 2.10 bits per heavy atom. The molecule has 1 aliphatic rings. The SMILES string of the molecule is CCC1CCCCC1Nc1ccc(NC(C)=O)c(OC)c1. The summed E-state index contributed by atoms with van der Waals surface area (Å²) in [6.07, 6.45) is 6.42. The van der Waals surface area contributed by atoms with Crippen molar-refractivity contribution >= 4 is 17.3 Å². The lowest BCUT2D eigenvalue weighted by Crippen LogP contribution is -2.31. The van der Waals surface area contributed by atoms with E-state index in [1.54, 1.807) is 7.11 Å². The molecule has 0 radical (unpaired) electrons. The Labute approximate surface area is 127 Å². The third-order valence-corrected chi connectivity index (χ3v) is 4.30. The van der Waals surface area contributed by atoms with E-state index in [4.69, 9.17) is 4.74 Å². The van der Waals surface area contributed by atoms with Crippen LogP contribution in [0.5, 0.6) is 5.75 Å². The summed E-state index contributed by atoms with van der Waals surface area (Å²) in [5.74, 6) is 1.35. The van der Waals surface area contributed by atoms with Crippen molar-refractivity contribution in [1.82, 2.24) is 0 Å². The first kappa shape index (κ1) is 15.7. The molecule has 2 atom stereocenters. The van der Waals surface area contributed by atoms with Gasteiger partial charge in [0, 0.05) is 24.7 Å². The van der Waals surface area contributed by atoms with E-state index in [9.17, 15) is 4.79 Å². The first-order chi connectivity index (χ1) is 10.1. The summed E-state index contributed by atoms with van der Waals surface area (Å²) < 4.78 is 5.37. The van der Waals surface area contributed by atoms with Crippen LogP contribution in [0.2, 0.25) is 0 Å². The summed E-state index contributed by atoms with van der Waals surface area (Å²) in [6, 6.07) is 6.41. The lowest BCUT2D eigenvalue weighted by Gasteiger charge is -2.32.